The van der Waals surface area contributed by atoms with Gasteiger partial charge in [-0.1, -0.05) is 12.1 Å². The Balaban J connectivity index is 1.88. The second kappa shape index (κ2) is 5.41. The molecule has 2 rings (SSSR count). The summed E-state index contributed by atoms with van der Waals surface area (Å²) in [6, 6.07) is 0. The number of nitrogens with zero attached hydrogens (tertiary/aromatic N) is 3. The molecule has 0 saturated carbocycles. The fraction of sp³-hybridized carbons (Fsp3) is 0.933. The van der Waals surface area contributed by atoms with Crippen LogP contribution in [0.5, 0.6) is 0 Å². The first-order chi connectivity index (χ1) is 8.85. The van der Waals surface area contributed by atoms with Crippen molar-refractivity contribution in [3.8, 4) is 0 Å². The molecule has 0 aliphatic carbocycles. The molecule has 0 radical (unpaired) electrons. The topological polar surface area (TPSA) is 28.1 Å². The number of piperazine rings is 1. The minimum Gasteiger partial charge on any atom is -0.395 e. The van der Waals surface area contributed by atoms with Crippen LogP contribution in [0.3, 0.4) is 0 Å². The molecule has 110 valence electrons. The Morgan fingerprint density at radius 2 is 1.84 bits per heavy atom. The van der Waals surface area contributed by atoms with Gasteiger partial charge in [0, 0.05) is 38.3 Å². The molecule has 0 aromatic carbocycles. The first kappa shape index (κ1) is 14.8. The minimum absolute atomic E-state index is 0.124. The highest BCUT2D eigenvalue weighted by Crippen LogP contribution is 2.29. The van der Waals surface area contributed by atoms with Crippen LogP contribution in [-0.2, 0) is 4.84 Å². The van der Waals surface area contributed by atoms with Gasteiger partial charge in [-0.15, -0.1) is 0 Å². The van der Waals surface area contributed by atoms with E-state index in [-0.39, 0.29) is 5.41 Å². The Bertz CT molecular complexity index is 340. The Morgan fingerprint density at radius 3 is 2.37 bits per heavy atom. The molecule has 0 amide bonds. The monoisotopic (exact) mass is 267 g/mol. The highest BCUT2D eigenvalue weighted by atomic mass is 16.6. The average molecular weight is 267 g/mol. The predicted octanol–water partition coefficient (Wildman–Crippen LogP) is 2.21. The van der Waals surface area contributed by atoms with Crippen LogP contribution in [0, 0.1) is 5.41 Å². The lowest BCUT2D eigenvalue weighted by molar-refractivity contribution is 0.0403. The highest BCUT2D eigenvalue weighted by molar-refractivity contribution is 5.90. The van der Waals surface area contributed by atoms with Gasteiger partial charge in [0.1, 0.15) is 6.61 Å². The Kier molecular flexibility index (Phi) is 4.21. The van der Waals surface area contributed by atoms with Gasteiger partial charge in [0.05, 0.1) is 11.1 Å². The van der Waals surface area contributed by atoms with Gasteiger partial charge in [0.2, 0.25) is 0 Å². The summed E-state index contributed by atoms with van der Waals surface area (Å²) in [5.41, 5.74) is 1.65. The summed E-state index contributed by atoms with van der Waals surface area (Å²) in [7, 11) is 0. The molecular weight excluding hydrogens is 238 g/mol. The third-order valence-corrected chi connectivity index (χ3v) is 4.48. The Hall–Kier alpha value is -0.610. The van der Waals surface area contributed by atoms with Crippen molar-refractivity contribution in [1.82, 2.24) is 9.80 Å². The second-order valence-corrected chi connectivity index (χ2v) is 7.16. The molecule has 1 atom stereocenters. The Morgan fingerprint density at radius 1 is 1.21 bits per heavy atom. The lowest BCUT2D eigenvalue weighted by Gasteiger charge is -2.43. The first-order valence-corrected chi connectivity index (χ1v) is 7.52. The quantitative estimate of drug-likeness (QED) is 0.785. The molecule has 2 heterocycles. The summed E-state index contributed by atoms with van der Waals surface area (Å²) in [5, 5.41) is 4.21. The summed E-state index contributed by atoms with van der Waals surface area (Å²) >= 11 is 0. The van der Waals surface area contributed by atoms with E-state index in [0.717, 1.165) is 32.7 Å². The second-order valence-electron chi connectivity index (χ2n) is 7.16. The molecule has 0 spiro atoms. The molecule has 19 heavy (non-hydrogen) atoms. The van der Waals surface area contributed by atoms with Gasteiger partial charge >= 0.3 is 0 Å². The molecule has 4 heteroatoms. The predicted molar refractivity (Wildman–Crippen MR) is 79.6 cm³/mol. The minimum atomic E-state index is 0.124. The zero-order valence-electron chi connectivity index (χ0n) is 13.2. The van der Waals surface area contributed by atoms with E-state index in [2.05, 4.69) is 49.6 Å². The van der Waals surface area contributed by atoms with Crippen molar-refractivity contribution < 1.29 is 4.84 Å². The highest BCUT2D eigenvalue weighted by Gasteiger charge is 2.38. The zero-order chi connectivity index (χ0) is 14.1. The SMILES string of the molecule is CCC1=NOCC1(C)CN1CCN(C(C)(C)C)CC1. The molecule has 1 fully saturated rings. The molecule has 1 unspecified atom stereocenters. The van der Waals surface area contributed by atoms with E-state index in [1.165, 1.54) is 18.8 Å². The van der Waals surface area contributed by atoms with E-state index in [1.54, 1.807) is 0 Å². The standard InChI is InChI=1S/C15H29N3O/c1-6-13-15(5,12-19-16-13)11-17-7-9-18(10-8-17)14(2,3)4/h6-12H2,1-5H3. The lowest BCUT2D eigenvalue weighted by atomic mass is 9.84. The van der Waals surface area contributed by atoms with Crippen LogP contribution in [0.2, 0.25) is 0 Å². The van der Waals surface area contributed by atoms with Crippen molar-refractivity contribution in [1.29, 1.82) is 0 Å². The summed E-state index contributed by atoms with van der Waals surface area (Å²) in [6.07, 6.45) is 0.998. The van der Waals surface area contributed by atoms with E-state index in [0.29, 0.717) is 5.54 Å². The fourth-order valence-corrected chi connectivity index (χ4v) is 3.14. The first-order valence-electron chi connectivity index (χ1n) is 7.52. The summed E-state index contributed by atoms with van der Waals surface area (Å²) in [4.78, 5) is 10.5. The van der Waals surface area contributed by atoms with Crippen molar-refractivity contribution in [2.75, 3.05) is 39.3 Å². The van der Waals surface area contributed by atoms with Crippen LogP contribution < -0.4 is 0 Å². The molecule has 0 aromatic heterocycles. The van der Waals surface area contributed by atoms with Crippen molar-refractivity contribution in [3.63, 3.8) is 0 Å². The van der Waals surface area contributed by atoms with Gasteiger partial charge in [-0.25, -0.2) is 0 Å². The summed E-state index contributed by atoms with van der Waals surface area (Å²) in [5.74, 6) is 0. The van der Waals surface area contributed by atoms with E-state index in [4.69, 9.17) is 4.84 Å². The maximum absolute atomic E-state index is 5.33. The van der Waals surface area contributed by atoms with Gasteiger partial charge in [0.15, 0.2) is 0 Å². The van der Waals surface area contributed by atoms with Crippen LogP contribution >= 0.6 is 0 Å². The fourth-order valence-electron chi connectivity index (χ4n) is 3.14. The molecule has 0 N–H and O–H groups in total. The molecular formula is C15H29N3O. The lowest BCUT2D eigenvalue weighted by Crippen LogP contribution is -2.55. The molecule has 2 aliphatic heterocycles. The molecule has 4 nitrogen and oxygen atoms in total. The number of rotatable bonds is 3. The average Bonchev–Trinajstić information content (AvgIpc) is 2.69. The third-order valence-electron chi connectivity index (χ3n) is 4.48. The van der Waals surface area contributed by atoms with E-state index in [9.17, 15) is 0 Å². The molecule has 1 saturated heterocycles. The van der Waals surface area contributed by atoms with Crippen molar-refractivity contribution in [2.24, 2.45) is 10.6 Å². The zero-order valence-corrected chi connectivity index (χ0v) is 13.2. The Labute approximate surface area is 117 Å². The molecule has 0 bridgehead atoms. The number of hydrogen-bond donors (Lipinski definition) is 0. The largest absolute Gasteiger partial charge is 0.395 e. The van der Waals surface area contributed by atoms with E-state index in [1.807, 2.05) is 0 Å². The van der Waals surface area contributed by atoms with Gasteiger partial charge in [-0.2, -0.15) is 0 Å². The van der Waals surface area contributed by atoms with E-state index >= 15 is 0 Å². The van der Waals surface area contributed by atoms with Crippen LogP contribution in [-0.4, -0.2) is 60.4 Å². The summed E-state index contributed by atoms with van der Waals surface area (Å²) < 4.78 is 0. The van der Waals surface area contributed by atoms with Gasteiger partial charge in [-0.3, -0.25) is 9.80 Å². The van der Waals surface area contributed by atoms with Crippen molar-refractivity contribution in [2.45, 2.75) is 46.6 Å². The van der Waals surface area contributed by atoms with Gasteiger partial charge < -0.3 is 4.84 Å². The molecule has 0 aromatic rings. The van der Waals surface area contributed by atoms with Crippen molar-refractivity contribution in [3.05, 3.63) is 0 Å². The van der Waals surface area contributed by atoms with E-state index < -0.39 is 0 Å². The van der Waals surface area contributed by atoms with Gasteiger partial charge in [0.25, 0.3) is 0 Å². The van der Waals surface area contributed by atoms with Crippen molar-refractivity contribution >= 4 is 5.71 Å². The maximum Gasteiger partial charge on any atom is 0.129 e. The number of oxime groups is 1. The van der Waals surface area contributed by atoms with Crippen LogP contribution in [0.15, 0.2) is 5.16 Å². The molecule has 2 aliphatic rings. The van der Waals surface area contributed by atoms with Crippen LogP contribution in [0.25, 0.3) is 0 Å². The normalized spacial score (nSPS) is 30.3. The van der Waals surface area contributed by atoms with Crippen LogP contribution in [0.1, 0.15) is 41.0 Å². The number of hydrogen-bond acceptors (Lipinski definition) is 4. The van der Waals surface area contributed by atoms with Crippen LogP contribution in [0.4, 0.5) is 0 Å². The smallest absolute Gasteiger partial charge is 0.129 e. The summed E-state index contributed by atoms with van der Waals surface area (Å²) in [6.45, 7) is 17.8. The maximum atomic E-state index is 5.33. The van der Waals surface area contributed by atoms with Gasteiger partial charge in [-0.05, 0) is 34.1 Å². The third kappa shape index (κ3) is 3.29.